The van der Waals surface area contributed by atoms with Gasteiger partial charge in [0, 0.05) is 19.7 Å². The minimum absolute atomic E-state index is 0.281. The lowest BCUT2D eigenvalue weighted by atomic mass is 10.1. The van der Waals surface area contributed by atoms with Gasteiger partial charge in [-0.15, -0.1) is 5.10 Å². The number of hydrazone groups is 1. The molecule has 5 nitrogen and oxygen atoms in total. The van der Waals surface area contributed by atoms with E-state index in [2.05, 4.69) is 12.0 Å². The summed E-state index contributed by atoms with van der Waals surface area (Å²) in [6, 6.07) is 0. The molecule has 0 aromatic heterocycles. The number of ether oxygens (including phenoxy) is 1. The van der Waals surface area contributed by atoms with Crippen molar-refractivity contribution in [2.45, 2.75) is 32.3 Å². The number of guanidine groups is 1. The molecule has 1 saturated heterocycles. The fourth-order valence-corrected chi connectivity index (χ4v) is 1.65. The molecular formula is C9H20N4O. The second-order valence-corrected chi connectivity index (χ2v) is 3.57. The molecule has 14 heavy (non-hydrogen) atoms. The summed E-state index contributed by atoms with van der Waals surface area (Å²) in [5.41, 5.74) is 5.63. The van der Waals surface area contributed by atoms with Crippen LogP contribution in [0.4, 0.5) is 0 Å². The molecule has 1 aliphatic rings. The molecule has 1 atom stereocenters. The van der Waals surface area contributed by atoms with Crippen molar-refractivity contribution >= 4 is 5.96 Å². The summed E-state index contributed by atoms with van der Waals surface area (Å²) in [7, 11) is 0. The highest BCUT2D eigenvalue weighted by Crippen LogP contribution is 2.12. The third kappa shape index (κ3) is 3.06. The lowest BCUT2D eigenvalue weighted by molar-refractivity contribution is 0.0162. The van der Waals surface area contributed by atoms with Gasteiger partial charge in [-0.1, -0.05) is 6.92 Å². The van der Waals surface area contributed by atoms with Crippen LogP contribution >= 0.6 is 0 Å². The van der Waals surface area contributed by atoms with Crippen molar-refractivity contribution in [3.8, 4) is 0 Å². The SMILES string of the molecule is CCCOC1CCCN(C(N)=NN)C1. The molecule has 0 saturated carbocycles. The maximum atomic E-state index is 5.66. The monoisotopic (exact) mass is 200 g/mol. The lowest BCUT2D eigenvalue weighted by Gasteiger charge is -2.32. The molecule has 0 bridgehead atoms. The molecule has 0 aliphatic carbocycles. The van der Waals surface area contributed by atoms with Crippen LogP contribution in [0.1, 0.15) is 26.2 Å². The van der Waals surface area contributed by atoms with Crippen molar-refractivity contribution in [1.82, 2.24) is 4.90 Å². The quantitative estimate of drug-likeness (QED) is 0.292. The van der Waals surface area contributed by atoms with Crippen LogP contribution < -0.4 is 11.6 Å². The van der Waals surface area contributed by atoms with Crippen LogP contribution in [0.25, 0.3) is 0 Å². The summed E-state index contributed by atoms with van der Waals surface area (Å²) in [5, 5.41) is 3.49. The minimum atomic E-state index is 0.281. The molecule has 0 radical (unpaired) electrons. The van der Waals surface area contributed by atoms with E-state index < -0.39 is 0 Å². The van der Waals surface area contributed by atoms with Crippen LogP contribution in [0.3, 0.4) is 0 Å². The highest BCUT2D eigenvalue weighted by atomic mass is 16.5. The van der Waals surface area contributed by atoms with E-state index in [9.17, 15) is 0 Å². The predicted octanol–water partition coefficient (Wildman–Crippen LogP) is 0.0658. The third-order valence-corrected chi connectivity index (χ3v) is 2.39. The van der Waals surface area contributed by atoms with Crippen LogP contribution in [0.5, 0.6) is 0 Å². The zero-order valence-corrected chi connectivity index (χ0v) is 8.78. The maximum absolute atomic E-state index is 5.66. The van der Waals surface area contributed by atoms with Crippen molar-refractivity contribution in [1.29, 1.82) is 0 Å². The Bertz CT molecular complexity index is 195. The van der Waals surface area contributed by atoms with Gasteiger partial charge in [0.15, 0.2) is 0 Å². The largest absolute Gasteiger partial charge is 0.376 e. The molecule has 5 heteroatoms. The second-order valence-electron chi connectivity index (χ2n) is 3.57. The smallest absolute Gasteiger partial charge is 0.213 e. The molecule has 82 valence electrons. The van der Waals surface area contributed by atoms with E-state index in [1.54, 1.807) is 0 Å². The topological polar surface area (TPSA) is 76.9 Å². The Balaban J connectivity index is 2.35. The summed E-state index contributed by atoms with van der Waals surface area (Å²) < 4.78 is 5.66. The van der Waals surface area contributed by atoms with Gasteiger partial charge >= 0.3 is 0 Å². The fraction of sp³-hybridized carbons (Fsp3) is 0.889. The van der Waals surface area contributed by atoms with Gasteiger partial charge in [0.25, 0.3) is 0 Å². The van der Waals surface area contributed by atoms with E-state index in [-0.39, 0.29) is 6.10 Å². The number of rotatable bonds is 3. The minimum Gasteiger partial charge on any atom is -0.376 e. The molecule has 1 aliphatic heterocycles. The average Bonchev–Trinajstić information content (AvgIpc) is 2.25. The summed E-state index contributed by atoms with van der Waals surface area (Å²) in [6.07, 6.45) is 3.53. The molecule has 1 rings (SSSR count). The predicted molar refractivity (Wildman–Crippen MR) is 56.6 cm³/mol. The van der Waals surface area contributed by atoms with E-state index in [1.807, 2.05) is 4.90 Å². The van der Waals surface area contributed by atoms with Crippen LogP contribution in [-0.4, -0.2) is 36.7 Å². The Kier molecular flexibility index (Phi) is 4.52. The Labute approximate surface area is 85.1 Å². The molecule has 1 fully saturated rings. The summed E-state index contributed by atoms with van der Waals surface area (Å²) >= 11 is 0. The first-order valence-corrected chi connectivity index (χ1v) is 5.17. The zero-order valence-electron chi connectivity index (χ0n) is 8.78. The number of likely N-dealkylation sites (tertiary alicyclic amines) is 1. The van der Waals surface area contributed by atoms with E-state index in [1.165, 1.54) is 0 Å². The Morgan fingerprint density at radius 2 is 2.43 bits per heavy atom. The third-order valence-electron chi connectivity index (χ3n) is 2.39. The normalized spacial score (nSPS) is 23.9. The van der Waals surface area contributed by atoms with Gasteiger partial charge in [0.1, 0.15) is 0 Å². The van der Waals surface area contributed by atoms with E-state index in [0.717, 1.165) is 39.0 Å². The lowest BCUT2D eigenvalue weighted by Crippen LogP contribution is -2.47. The van der Waals surface area contributed by atoms with Gasteiger partial charge < -0.3 is 21.2 Å². The van der Waals surface area contributed by atoms with Crippen LogP contribution in [-0.2, 0) is 4.74 Å². The first-order valence-electron chi connectivity index (χ1n) is 5.17. The number of hydrogen-bond acceptors (Lipinski definition) is 3. The van der Waals surface area contributed by atoms with Crippen molar-refractivity contribution in [3.63, 3.8) is 0 Å². The van der Waals surface area contributed by atoms with Gasteiger partial charge in [0.2, 0.25) is 5.96 Å². The number of nitrogens with zero attached hydrogens (tertiary/aromatic N) is 2. The van der Waals surface area contributed by atoms with Gasteiger partial charge in [-0.05, 0) is 19.3 Å². The number of hydrogen-bond donors (Lipinski definition) is 2. The standard InChI is InChI=1S/C9H20N4O/c1-2-6-14-8-4-3-5-13(7-8)9(10)12-11/h8H,2-7,11H2,1H3,(H2,10,12). The van der Waals surface area contributed by atoms with Crippen LogP contribution in [0.2, 0.25) is 0 Å². The van der Waals surface area contributed by atoms with Crippen molar-refractivity contribution in [3.05, 3.63) is 0 Å². The van der Waals surface area contributed by atoms with E-state index in [0.29, 0.717) is 5.96 Å². The molecule has 0 aromatic carbocycles. The molecule has 1 unspecified atom stereocenters. The van der Waals surface area contributed by atoms with Gasteiger partial charge in [-0.25, -0.2) is 0 Å². The maximum Gasteiger partial charge on any atom is 0.213 e. The molecule has 1 heterocycles. The molecule has 4 N–H and O–H groups in total. The molecular weight excluding hydrogens is 180 g/mol. The van der Waals surface area contributed by atoms with Crippen LogP contribution in [0, 0.1) is 0 Å². The van der Waals surface area contributed by atoms with Crippen LogP contribution in [0.15, 0.2) is 5.10 Å². The van der Waals surface area contributed by atoms with Crippen molar-refractivity contribution < 1.29 is 4.74 Å². The Morgan fingerprint density at radius 3 is 3.07 bits per heavy atom. The molecule has 0 aromatic rings. The van der Waals surface area contributed by atoms with E-state index >= 15 is 0 Å². The molecule has 0 spiro atoms. The number of nitrogens with two attached hydrogens (primary N) is 2. The average molecular weight is 200 g/mol. The Hall–Kier alpha value is -0.970. The first kappa shape index (κ1) is 11.1. The summed E-state index contributed by atoms with van der Waals surface area (Å²) in [4.78, 5) is 1.98. The van der Waals surface area contributed by atoms with E-state index in [4.69, 9.17) is 16.3 Å². The van der Waals surface area contributed by atoms with Crippen molar-refractivity contribution in [2.24, 2.45) is 16.7 Å². The van der Waals surface area contributed by atoms with Crippen molar-refractivity contribution in [2.75, 3.05) is 19.7 Å². The van der Waals surface area contributed by atoms with Gasteiger partial charge in [0.05, 0.1) is 6.10 Å². The molecule has 0 amide bonds. The number of piperidine rings is 1. The first-order chi connectivity index (χ1) is 6.77. The second kappa shape index (κ2) is 5.70. The van der Waals surface area contributed by atoms with Gasteiger partial charge in [-0.2, -0.15) is 0 Å². The highest BCUT2D eigenvalue weighted by molar-refractivity contribution is 5.77. The summed E-state index contributed by atoms with van der Waals surface area (Å²) in [5.74, 6) is 5.54. The summed E-state index contributed by atoms with van der Waals surface area (Å²) in [6.45, 7) is 4.67. The zero-order chi connectivity index (χ0) is 10.4. The fourth-order valence-electron chi connectivity index (χ4n) is 1.65. The highest BCUT2D eigenvalue weighted by Gasteiger charge is 2.21. The Morgan fingerprint density at radius 1 is 1.64 bits per heavy atom. The van der Waals surface area contributed by atoms with Gasteiger partial charge in [-0.3, -0.25) is 0 Å².